The van der Waals surface area contributed by atoms with E-state index in [1.165, 1.54) is 0 Å². The van der Waals surface area contributed by atoms with Gasteiger partial charge >= 0.3 is 0 Å². The molecule has 3 rings (SSSR count). The fraction of sp³-hybridized carbons (Fsp3) is 0.150. The molecular formula is C20H18ClNO4. The molecule has 2 N–H and O–H groups in total. The second-order valence-electron chi connectivity index (χ2n) is 5.69. The Hall–Kier alpha value is -2.76. The quantitative estimate of drug-likeness (QED) is 0.678. The van der Waals surface area contributed by atoms with E-state index in [9.17, 15) is 4.79 Å². The summed E-state index contributed by atoms with van der Waals surface area (Å²) in [4.78, 5) is 12.3. The summed E-state index contributed by atoms with van der Waals surface area (Å²) in [6.45, 7) is -0.168. The summed E-state index contributed by atoms with van der Waals surface area (Å²) < 4.78 is 10.6. The lowest BCUT2D eigenvalue weighted by Crippen LogP contribution is -2.14. The molecular weight excluding hydrogens is 354 g/mol. The maximum Gasteiger partial charge on any atom is 0.228 e. The van der Waals surface area contributed by atoms with E-state index < -0.39 is 0 Å². The molecule has 6 heteroatoms. The van der Waals surface area contributed by atoms with Crippen LogP contribution in [0.3, 0.4) is 0 Å². The van der Waals surface area contributed by atoms with Crippen LogP contribution in [0.15, 0.2) is 59.0 Å². The molecule has 0 atom stereocenters. The van der Waals surface area contributed by atoms with Crippen LogP contribution in [0.1, 0.15) is 11.3 Å². The van der Waals surface area contributed by atoms with Crippen LogP contribution in [0.4, 0.5) is 5.69 Å². The zero-order chi connectivity index (χ0) is 18.5. The average molecular weight is 372 g/mol. The Kier molecular flexibility index (Phi) is 5.61. The van der Waals surface area contributed by atoms with Gasteiger partial charge in [0.25, 0.3) is 0 Å². The van der Waals surface area contributed by atoms with Gasteiger partial charge in [-0.15, -0.1) is 0 Å². The Labute approximate surface area is 156 Å². The molecule has 0 radical (unpaired) electrons. The Morgan fingerprint density at radius 2 is 1.92 bits per heavy atom. The molecule has 1 heterocycles. The lowest BCUT2D eigenvalue weighted by Gasteiger charge is -2.09. The van der Waals surface area contributed by atoms with Gasteiger partial charge in [-0.25, -0.2) is 0 Å². The fourth-order valence-electron chi connectivity index (χ4n) is 2.52. The molecule has 5 nitrogen and oxygen atoms in total. The van der Waals surface area contributed by atoms with E-state index in [2.05, 4.69) is 5.32 Å². The van der Waals surface area contributed by atoms with Crippen LogP contribution < -0.4 is 10.1 Å². The van der Waals surface area contributed by atoms with Crippen LogP contribution in [0.5, 0.6) is 5.75 Å². The fourth-order valence-corrected chi connectivity index (χ4v) is 2.68. The highest BCUT2D eigenvalue weighted by Gasteiger charge is 2.11. The molecule has 0 aliphatic rings. The van der Waals surface area contributed by atoms with Crippen LogP contribution in [0.2, 0.25) is 5.02 Å². The van der Waals surface area contributed by atoms with Gasteiger partial charge in [-0.05, 0) is 48.0 Å². The number of methoxy groups -OCH3 is 1. The predicted octanol–water partition coefficient (Wildman–Crippen LogP) is 4.28. The molecule has 134 valence electrons. The van der Waals surface area contributed by atoms with Crippen LogP contribution >= 0.6 is 11.6 Å². The van der Waals surface area contributed by atoms with Gasteiger partial charge in [-0.3, -0.25) is 4.79 Å². The third-order valence-electron chi connectivity index (χ3n) is 3.87. The maximum atomic E-state index is 12.3. The number of furan rings is 1. The number of halogens is 1. The van der Waals surface area contributed by atoms with E-state index in [-0.39, 0.29) is 18.9 Å². The Morgan fingerprint density at radius 3 is 2.58 bits per heavy atom. The zero-order valence-electron chi connectivity index (χ0n) is 14.2. The van der Waals surface area contributed by atoms with Crippen molar-refractivity contribution in [1.29, 1.82) is 0 Å². The molecule has 0 saturated carbocycles. The van der Waals surface area contributed by atoms with Crippen molar-refractivity contribution in [2.45, 2.75) is 13.0 Å². The van der Waals surface area contributed by atoms with Crippen molar-refractivity contribution in [3.05, 3.63) is 70.9 Å². The number of nitrogens with one attached hydrogen (secondary N) is 1. The molecule has 0 spiro atoms. The minimum absolute atomic E-state index is 0.168. The predicted molar refractivity (Wildman–Crippen MR) is 100 cm³/mol. The molecule has 0 bridgehead atoms. The van der Waals surface area contributed by atoms with Crippen molar-refractivity contribution < 1.29 is 19.1 Å². The molecule has 0 aliphatic heterocycles. The maximum absolute atomic E-state index is 12.3. The number of hydrogen-bond acceptors (Lipinski definition) is 4. The number of hydrogen-bond donors (Lipinski definition) is 2. The van der Waals surface area contributed by atoms with E-state index in [4.69, 9.17) is 25.9 Å². The van der Waals surface area contributed by atoms with Crippen LogP contribution in [-0.2, 0) is 17.8 Å². The van der Waals surface area contributed by atoms with Gasteiger partial charge in [-0.1, -0.05) is 23.7 Å². The van der Waals surface area contributed by atoms with Gasteiger partial charge in [0.2, 0.25) is 5.91 Å². The van der Waals surface area contributed by atoms with E-state index in [1.807, 2.05) is 24.3 Å². The third-order valence-corrected chi connectivity index (χ3v) is 4.20. The number of amides is 1. The lowest BCUT2D eigenvalue weighted by atomic mass is 10.1. The third kappa shape index (κ3) is 4.25. The van der Waals surface area contributed by atoms with Crippen molar-refractivity contribution in [3.8, 4) is 17.1 Å². The first kappa shape index (κ1) is 18.0. The van der Waals surface area contributed by atoms with Gasteiger partial charge in [0.05, 0.1) is 24.2 Å². The number of carbonyl (C=O) groups is 1. The van der Waals surface area contributed by atoms with Crippen LogP contribution in [0, 0.1) is 0 Å². The van der Waals surface area contributed by atoms with Gasteiger partial charge in [-0.2, -0.15) is 0 Å². The number of rotatable bonds is 6. The monoisotopic (exact) mass is 371 g/mol. The smallest absolute Gasteiger partial charge is 0.228 e. The first-order valence-electron chi connectivity index (χ1n) is 8.01. The first-order chi connectivity index (χ1) is 12.6. The van der Waals surface area contributed by atoms with E-state index in [1.54, 1.807) is 37.4 Å². The topological polar surface area (TPSA) is 71.7 Å². The minimum Gasteiger partial charge on any atom is -0.497 e. The van der Waals surface area contributed by atoms with Gasteiger partial charge < -0.3 is 19.6 Å². The first-order valence-corrected chi connectivity index (χ1v) is 8.39. The zero-order valence-corrected chi connectivity index (χ0v) is 14.9. The lowest BCUT2D eigenvalue weighted by molar-refractivity contribution is -0.115. The average Bonchev–Trinajstić information content (AvgIpc) is 3.13. The summed E-state index contributed by atoms with van der Waals surface area (Å²) in [5, 5.41) is 12.4. The van der Waals surface area contributed by atoms with Crippen molar-refractivity contribution >= 4 is 23.2 Å². The Morgan fingerprint density at radius 1 is 1.15 bits per heavy atom. The van der Waals surface area contributed by atoms with Crippen molar-refractivity contribution in [1.82, 2.24) is 0 Å². The number of benzene rings is 2. The second kappa shape index (κ2) is 8.08. The molecule has 1 amide bonds. The van der Waals surface area contributed by atoms with E-state index in [0.29, 0.717) is 22.2 Å². The Bertz CT molecular complexity index is 902. The minimum atomic E-state index is -0.176. The summed E-state index contributed by atoms with van der Waals surface area (Å²) in [5.74, 6) is 1.63. The van der Waals surface area contributed by atoms with Crippen LogP contribution in [-0.4, -0.2) is 18.1 Å². The van der Waals surface area contributed by atoms with E-state index in [0.717, 1.165) is 16.9 Å². The van der Waals surface area contributed by atoms with Gasteiger partial charge in [0.15, 0.2) is 0 Å². The van der Waals surface area contributed by atoms with Crippen molar-refractivity contribution in [2.24, 2.45) is 0 Å². The summed E-state index contributed by atoms with van der Waals surface area (Å²) >= 11 is 6.20. The number of ether oxygens (including phenoxy) is 1. The SMILES string of the molecule is COc1ccc(CC(=O)Nc2cc(-c3ccc(CO)o3)ccc2Cl)cc1. The second-order valence-corrected chi connectivity index (χ2v) is 6.10. The number of aliphatic hydroxyl groups is 1. The van der Waals surface area contributed by atoms with Crippen molar-refractivity contribution in [2.75, 3.05) is 12.4 Å². The molecule has 3 aromatic rings. The number of aliphatic hydroxyl groups excluding tert-OH is 1. The molecule has 0 aliphatic carbocycles. The number of anilines is 1. The Balaban J connectivity index is 1.73. The highest BCUT2D eigenvalue weighted by Crippen LogP contribution is 2.30. The largest absolute Gasteiger partial charge is 0.497 e. The highest BCUT2D eigenvalue weighted by molar-refractivity contribution is 6.33. The molecule has 0 saturated heterocycles. The number of carbonyl (C=O) groups excluding carboxylic acids is 1. The standard InChI is InChI=1S/C20H18ClNO4/c1-25-15-5-2-13(3-6-15)10-20(24)22-18-11-14(4-8-17(18)21)19-9-7-16(12-23)26-19/h2-9,11,23H,10,12H2,1H3,(H,22,24). The summed E-state index contributed by atoms with van der Waals surface area (Å²) in [5.41, 5.74) is 2.13. The summed E-state index contributed by atoms with van der Waals surface area (Å²) in [7, 11) is 1.60. The highest BCUT2D eigenvalue weighted by atomic mass is 35.5. The summed E-state index contributed by atoms with van der Waals surface area (Å²) in [6.07, 6.45) is 0.222. The molecule has 2 aromatic carbocycles. The normalized spacial score (nSPS) is 10.6. The van der Waals surface area contributed by atoms with E-state index >= 15 is 0 Å². The molecule has 0 unspecified atom stereocenters. The molecule has 26 heavy (non-hydrogen) atoms. The van der Waals surface area contributed by atoms with Gasteiger partial charge in [0, 0.05) is 5.56 Å². The molecule has 1 aromatic heterocycles. The molecule has 0 fully saturated rings. The van der Waals surface area contributed by atoms with Crippen LogP contribution in [0.25, 0.3) is 11.3 Å². The summed E-state index contributed by atoms with van der Waals surface area (Å²) in [6, 6.07) is 16.0. The van der Waals surface area contributed by atoms with Crippen molar-refractivity contribution in [3.63, 3.8) is 0 Å². The van der Waals surface area contributed by atoms with Gasteiger partial charge in [0.1, 0.15) is 23.9 Å².